The maximum atomic E-state index is 13.4. The first-order chi connectivity index (χ1) is 9.08. The van der Waals surface area contributed by atoms with Gasteiger partial charge in [0.15, 0.2) is 0 Å². The van der Waals surface area contributed by atoms with Crippen LogP contribution >= 0.6 is 28.3 Å². The Morgan fingerprint density at radius 2 is 1.95 bits per heavy atom. The van der Waals surface area contributed by atoms with Crippen molar-refractivity contribution in [1.82, 2.24) is 10.2 Å². The second-order valence-corrected chi connectivity index (χ2v) is 6.46. The van der Waals surface area contributed by atoms with Crippen LogP contribution in [0.4, 0.5) is 4.39 Å². The van der Waals surface area contributed by atoms with Crippen LogP contribution in [-0.4, -0.2) is 31.1 Å². The van der Waals surface area contributed by atoms with Gasteiger partial charge >= 0.3 is 0 Å². The quantitative estimate of drug-likeness (QED) is 0.867. The standard InChI is InChI=1S/C15H22BrFN2.ClH/c1-11(2)9-15(19-7-5-18-6-8-19)12-3-4-14(17)13(16)10-12;/h3-4,10-11,15,18H,5-9H2,1-2H3;1H/t15-;/m1./s1. The van der Waals surface area contributed by atoms with Crippen molar-refractivity contribution in [3.8, 4) is 0 Å². The fourth-order valence-corrected chi connectivity index (χ4v) is 3.05. The SMILES string of the molecule is CC(C)C[C@H](c1ccc(F)c(Br)c1)N1CCNCC1.Cl. The highest BCUT2D eigenvalue weighted by atomic mass is 79.9. The molecule has 2 nitrogen and oxygen atoms in total. The van der Waals surface area contributed by atoms with Gasteiger partial charge in [0, 0.05) is 32.2 Å². The summed E-state index contributed by atoms with van der Waals surface area (Å²) in [4.78, 5) is 2.51. The lowest BCUT2D eigenvalue weighted by Gasteiger charge is -2.36. The zero-order valence-electron chi connectivity index (χ0n) is 12.0. The molecule has 1 aromatic carbocycles. The van der Waals surface area contributed by atoms with Crippen LogP contribution in [0.2, 0.25) is 0 Å². The largest absolute Gasteiger partial charge is 0.314 e. The van der Waals surface area contributed by atoms with Gasteiger partial charge in [-0.15, -0.1) is 12.4 Å². The molecule has 20 heavy (non-hydrogen) atoms. The van der Waals surface area contributed by atoms with Crippen LogP contribution in [-0.2, 0) is 0 Å². The number of nitrogens with one attached hydrogen (secondary N) is 1. The fraction of sp³-hybridized carbons (Fsp3) is 0.600. The zero-order valence-corrected chi connectivity index (χ0v) is 14.4. The highest BCUT2D eigenvalue weighted by Gasteiger charge is 2.23. The summed E-state index contributed by atoms with van der Waals surface area (Å²) in [5, 5.41) is 3.38. The summed E-state index contributed by atoms with van der Waals surface area (Å²) in [7, 11) is 0. The molecule has 1 saturated heterocycles. The molecule has 1 aromatic rings. The van der Waals surface area contributed by atoms with E-state index in [0.29, 0.717) is 16.4 Å². The molecule has 1 heterocycles. The van der Waals surface area contributed by atoms with Crippen molar-refractivity contribution < 1.29 is 4.39 Å². The zero-order chi connectivity index (χ0) is 13.8. The Morgan fingerprint density at radius 3 is 2.50 bits per heavy atom. The molecule has 1 atom stereocenters. The molecule has 0 bridgehead atoms. The molecule has 1 aliphatic rings. The Hall–Kier alpha value is -0.160. The molecule has 0 aromatic heterocycles. The van der Waals surface area contributed by atoms with Crippen LogP contribution in [0.25, 0.3) is 0 Å². The number of halogens is 3. The Labute approximate surface area is 135 Å². The van der Waals surface area contributed by atoms with Gasteiger partial charge in [-0.25, -0.2) is 4.39 Å². The Bertz CT molecular complexity index is 422. The molecule has 5 heteroatoms. The van der Waals surface area contributed by atoms with Crippen molar-refractivity contribution >= 4 is 28.3 Å². The van der Waals surface area contributed by atoms with E-state index in [1.165, 1.54) is 5.56 Å². The molecule has 1 N–H and O–H groups in total. The molecule has 0 aliphatic carbocycles. The van der Waals surface area contributed by atoms with Gasteiger partial charge in [-0.3, -0.25) is 4.90 Å². The van der Waals surface area contributed by atoms with E-state index in [-0.39, 0.29) is 18.2 Å². The Morgan fingerprint density at radius 1 is 1.30 bits per heavy atom. The second-order valence-electron chi connectivity index (χ2n) is 5.60. The van der Waals surface area contributed by atoms with E-state index in [9.17, 15) is 4.39 Å². The van der Waals surface area contributed by atoms with E-state index in [1.54, 1.807) is 6.07 Å². The van der Waals surface area contributed by atoms with E-state index < -0.39 is 0 Å². The van der Waals surface area contributed by atoms with E-state index >= 15 is 0 Å². The summed E-state index contributed by atoms with van der Waals surface area (Å²) >= 11 is 3.30. The van der Waals surface area contributed by atoms with Crippen LogP contribution in [0.3, 0.4) is 0 Å². The van der Waals surface area contributed by atoms with Crippen molar-refractivity contribution in [2.45, 2.75) is 26.3 Å². The third-order valence-electron chi connectivity index (χ3n) is 3.62. The van der Waals surface area contributed by atoms with Crippen molar-refractivity contribution in [2.24, 2.45) is 5.92 Å². The van der Waals surface area contributed by atoms with Crippen molar-refractivity contribution in [3.63, 3.8) is 0 Å². The van der Waals surface area contributed by atoms with Crippen LogP contribution in [0, 0.1) is 11.7 Å². The van der Waals surface area contributed by atoms with E-state index in [4.69, 9.17) is 0 Å². The minimum atomic E-state index is -0.188. The molecular weight excluding hydrogens is 343 g/mol. The third kappa shape index (κ3) is 4.69. The summed E-state index contributed by atoms with van der Waals surface area (Å²) in [5.41, 5.74) is 1.21. The predicted octanol–water partition coefficient (Wildman–Crippen LogP) is 4.00. The number of nitrogens with zero attached hydrogens (tertiary/aromatic N) is 1. The first-order valence-corrected chi connectivity index (χ1v) is 7.77. The maximum Gasteiger partial charge on any atom is 0.137 e. The number of benzene rings is 1. The number of piperazine rings is 1. The second kappa shape index (κ2) is 8.32. The molecule has 1 fully saturated rings. The van der Waals surface area contributed by atoms with Crippen molar-refractivity contribution in [3.05, 3.63) is 34.1 Å². The van der Waals surface area contributed by atoms with Crippen LogP contribution < -0.4 is 5.32 Å². The molecular formula is C15H23BrClFN2. The van der Waals surface area contributed by atoms with E-state index in [1.807, 2.05) is 12.1 Å². The Kier molecular flexibility index (Phi) is 7.45. The summed E-state index contributed by atoms with van der Waals surface area (Å²) < 4.78 is 14.0. The smallest absolute Gasteiger partial charge is 0.137 e. The molecule has 0 spiro atoms. The lowest BCUT2D eigenvalue weighted by atomic mass is 9.95. The minimum Gasteiger partial charge on any atom is -0.314 e. The normalized spacial score (nSPS) is 17.9. The molecule has 114 valence electrons. The lowest BCUT2D eigenvalue weighted by molar-refractivity contribution is 0.154. The van der Waals surface area contributed by atoms with Crippen LogP contribution in [0.1, 0.15) is 31.9 Å². The lowest BCUT2D eigenvalue weighted by Crippen LogP contribution is -2.45. The van der Waals surface area contributed by atoms with Crippen LogP contribution in [0.15, 0.2) is 22.7 Å². The first kappa shape index (κ1) is 17.9. The van der Waals surface area contributed by atoms with Gasteiger partial charge in [0.25, 0.3) is 0 Å². The highest BCUT2D eigenvalue weighted by Crippen LogP contribution is 2.30. The fourth-order valence-electron chi connectivity index (χ4n) is 2.66. The van der Waals surface area contributed by atoms with Gasteiger partial charge < -0.3 is 5.32 Å². The molecule has 0 saturated carbocycles. The summed E-state index contributed by atoms with van der Waals surface area (Å²) in [6, 6.07) is 5.81. The molecule has 2 rings (SSSR count). The van der Waals surface area contributed by atoms with Gasteiger partial charge in [-0.2, -0.15) is 0 Å². The topological polar surface area (TPSA) is 15.3 Å². The van der Waals surface area contributed by atoms with Crippen molar-refractivity contribution in [1.29, 1.82) is 0 Å². The third-order valence-corrected chi connectivity index (χ3v) is 4.22. The maximum absolute atomic E-state index is 13.4. The summed E-state index contributed by atoms with van der Waals surface area (Å²) in [6.45, 7) is 8.69. The predicted molar refractivity (Wildman–Crippen MR) is 88.0 cm³/mol. The number of hydrogen-bond donors (Lipinski definition) is 1. The van der Waals surface area contributed by atoms with Gasteiger partial charge in [-0.1, -0.05) is 19.9 Å². The van der Waals surface area contributed by atoms with Crippen molar-refractivity contribution in [2.75, 3.05) is 26.2 Å². The Balaban J connectivity index is 0.00000200. The highest BCUT2D eigenvalue weighted by molar-refractivity contribution is 9.10. The average Bonchev–Trinajstić information content (AvgIpc) is 2.40. The molecule has 0 amide bonds. The molecule has 0 radical (unpaired) electrons. The van der Waals surface area contributed by atoms with E-state index in [2.05, 4.69) is 40.0 Å². The minimum absolute atomic E-state index is 0. The number of hydrogen-bond acceptors (Lipinski definition) is 2. The first-order valence-electron chi connectivity index (χ1n) is 6.97. The molecule has 1 aliphatic heterocycles. The average molecular weight is 366 g/mol. The van der Waals surface area contributed by atoms with Gasteiger partial charge in [0.2, 0.25) is 0 Å². The monoisotopic (exact) mass is 364 g/mol. The van der Waals surface area contributed by atoms with E-state index in [0.717, 1.165) is 32.6 Å². The van der Waals surface area contributed by atoms with Gasteiger partial charge in [-0.05, 0) is 46.0 Å². The van der Waals surface area contributed by atoms with Gasteiger partial charge in [0.1, 0.15) is 5.82 Å². The summed E-state index contributed by atoms with van der Waals surface area (Å²) in [5.74, 6) is 0.441. The van der Waals surface area contributed by atoms with Gasteiger partial charge in [0.05, 0.1) is 4.47 Å². The number of rotatable bonds is 4. The summed E-state index contributed by atoms with van der Waals surface area (Å²) in [6.07, 6.45) is 1.11. The molecule has 0 unspecified atom stereocenters. The van der Waals surface area contributed by atoms with Crippen LogP contribution in [0.5, 0.6) is 0 Å².